The van der Waals surface area contributed by atoms with Crippen LogP contribution in [-0.2, 0) is 6.54 Å². The van der Waals surface area contributed by atoms with E-state index in [1.807, 2.05) is 56.7 Å². The van der Waals surface area contributed by atoms with Crippen molar-refractivity contribution in [3.8, 4) is 0 Å². The molecule has 0 fully saturated rings. The number of allylic oxidation sites excluding steroid dienone is 4. The Labute approximate surface area is 150 Å². The van der Waals surface area contributed by atoms with Gasteiger partial charge in [-0.05, 0) is 31.2 Å². The van der Waals surface area contributed by atoms with Crippen molar-refractivity contribution in [1.29, 1.82) is 5.41 Å². The summed E-state index contributed by atoms with van der Waals surface area (Å²) in [5.41, 5.74) is 1.66. The Morgan fingerprint density at radius 1 is 1.42 bits per heavy atom. The molecular weight excluding hydrogens is 318 g/mol. The molecule has 1 N–H and O–H groups in total. The summed E-state index contributed by atoms with van der Waals surface area (Å²) in [5.74, 6) is 0. The van der Waals surface area contributed by atoms with Gasteiger partial charge in [0, 0.05) is 25.2 Å². The van der Waals surface area contributed by atoms with E-state index in [0.29, 0.717) is 5.03 Å². The van der Waals surface area contributed by atoms with E-state index in [2.05, 4.69) is 34.3 Å². The van der Waals surface area contributed by atoms with Gasteiger partial charge in [-0.15, -0.1) is 22.9 Å². The van der Waals surface area contributed by atoms with Crippen molar-refractivity contribution >= 4 is 24.7 Å². The molecule has 0 saturated heterocycles. The summed E-state index contributed by atoms with van der Waals surface area (Å²) in [6.07, 6.45) is 15.0. The Balaban J connectivity index is 2.83. The highest BCUT2D eigenvalue weighted by atomic mass is 32.1. The van der Waals surface area contributed by atoms with E-state index in [0.717, 1.165) is 30.8 Å². The first-order valence-corrected chi connectivity index (χ1v) is 8.43. The number of aromatic nitrogens is 1. The molecule has 5 nitrogen and oxygen atoms in total. The summed E-state index contributed by atoms with van der Waals surface area (Å²) in [6, 6.07) is 3.88. The third-order valence-corrected chi connectivity index (χ3v) is 3.46. The zero-order valence-electron chi connectivity index (χ0n) is 14.6. The highest BCUT2D eigenvalue weighted by Gasteiger charge is 2.01. The van der Waals surface area contributed by atoms with Crippen LogP contribution in [0.2, 0.25) is 0 Å². The molecule has 0 atom stereocenters. The van der Waals surface area contributed by atoms with Gasteiger partial charge in [0.1, 0.15) is 17.3 Å². The fourth-order valence-corrected chi connectivity index (χ4v) is 2.00. The van der Waals surface area contributed by atoms with E-state index >= 15 is 0 Å². The molecular formula is C18H26N5S+. The Kier molecular flexibility index (Phi) is 9.38. The molecule has 6 heteroatoms. The molecule has 1 heterocycles. The van der Waals surface area contributed by atoms with Gasteiger partial charge in [-0.2, -0.15) is 0 Å². The van der Waals surface area contributed by atoms with Crippen molar-refractivity contribution < 1.29 is 4.57 Å². The van der Waals surface area contributed by atoms with Gasteiger partial charge in [-0.1, -0.05) is 19.4 Å². The Hall–Kier alpha value is -2.21. The van der Waals surface area contributed by atoms with Crippen LogP contribution in [-0.4, -0.2) is 18.3 Å². The van der Waals surface area contributed by atoms with Crippen LogP contribution in [0.15, 0.2) is 69.8 Å². The number of nitrogens with one attached hydrogen (secondary N) is 1. The number of pyridine rings is 1. The number of nitrogens with zero attached hydrogens (tertiary/aromatic N) is 4. The minimum atomic E-state index is 0.499. The van der Waals surface area contributed by atoms with Crippen LogP contribution in [0.4, 0.5) is 5.69 Å². The van der Waals surface area contributed by atoms with Crippen molar-refractivity contribution in [1.82, 2.24) is 4.90 Å². The Morgan fingerprint density at radius 3 is 2.88 bits per heavy atom. The molecule has 24 heavy (non-hydrogen) atoms. The van der Waals surface area contributed by atoms with Crippen molar-refractivity contribution in [2.45, 2.75) is 33.2 Å². The SMILES string of the molecule is C/C=C/C(=C\C=C(/S)N=Nc1ccc[n+](CCCC)c1)N(C)C=N. The molecule has 0 amide bonds. The smallest absolute Gasteiger partial charge is 0.196 e. The summed E-state index contributed by atoms with van der Waals surface area (Å²) < 4.78 is 2.11. The second-order valence-corrected chi connectivity index (χ2v) is 5.67. The summed E-state index contributed by atoms with van der Waals surface area (Å²) in [5, 5.41) is 16.1. The number of unbranched alkanes of at least 4 members (excludes halogenated alkanes) is 1. The van der Waals surface area contributed by atoms with E-state index in [9.17, 15) is 0 Å². The molecule has 0 unspecified atom stereocenters. The van der Waals surface area contributed by atoms with Crippen molar-refractivity contribution in [3.05, 3.63) is 59.6 Å². The Bertz CT molecular complexity index is 647. The lowest BCUT2D eigenvalue weighted by Crippen LogP contribution is -2.32. The fourth-order valence-electron chi connectivity index (χ4n) is 1.89. The van der Waals surface area contributed by atoms with Crippen LogP contribution >= 0.6 is 12.6 Å². The normalized spacial score (nSPS) is 13.0. The first kappa shape index (κ1) is 19.8. The molecule has 1 aromatic heterocycles. The molecule has 128 valence electrons. The van der Waals surface area contributed by atoms with E-state index in [-0.39, 0.29) is 0 Å². The zero-order chi connectivity index (χ0) is 17.8. The zero-order valence-corrected chi connectivity index (χ0v) is 15.4. The summed E-state index contributed by atoms with van der Waals surface area (Å²) >= 11 is 4.33. The van der Waals surface area contributed by atoms with Crippen molar-refractivity contribution in [3.63, 3.8) is 0 Å². The van der Waals surface area contributed by atoms with Crippen LogP contribution in [0.5, 0.6) is 0 Å². The third kappa shape index (κ3) is 7.37. The first-order valence-electron chi connectivity index (χ1n) is 7.98. The summed E-state index contributed by atoms with van der Waals surface area (Å²) in [7, 11) is 1.81. The number of rotatable bonds is 9. The second kappa shape index (κ2) is 11.3. The summed E-state index contributed by atoms with van der Waals surface area (Å²) in [6.45, 7) is 5.09. The quantitative estimate of drug-likeness (QED) is 0.168. The van der Waals surface area contributed by atoms with Gasteiger partial charge in [0.25, 0.3) is 0 Å². The molecule has 0 aromatic carbocycles. The molecule has 0 spiro atoms. The largest absolute Gasteiger partial charge is 0.336 e. The molecule has 1 rings (SSSR count). The molecule has 0 saturated carbocycles. The molecule has 0 radical (unpaired) electrons. The number of likely N-dealkylation sites (N-methyl/N-ethyl adjacent to an activating group) is 1. The highest BCUT2D eigenvalue weighted by molar-refractivity contribution is 7.84. The topological polar surface area (TPSA) is 55.7 Å². The summed E-state index contributed by atoms with van der Waals surface area (Å²) in [4.78, 5) is 1.70. The second-order valence-electron chi connectivity index (χ2n) is 5.21. The van der Waals surface area contributed by atoms with Crippen LogP contribution < -0.4 is 4.57 Å². The standard InChI is InChI=1S/C18H25N5S/c1-4-6-12-23-13-7-9-16(14-23)20-21-18(24)11-10-17(8-5-2)22(3)15-19/h5,7-11,13-15,19H,4,6,12H2,1-3H3/p+1/b8-5+,17-10+,18-11-,19-15?,21-20?. The number of thiol groups is 1. The molecule has 0 aliphatic heterocycles. The van der Waals surface area contributed by atoms with Gasteiger partial charge in [-0.3, -0.25) is 5.41 Å². The predicted octanol–water partition coefficient (Wildman–Crippen LogP) is 4.63. The van der Waals surface area contributed by atoms with E-state index in [4.69, 9.17) is 5.41 Å². The molecule has 1 aromatic rings. The molecule has 0 aliphatic carbocycles. The number of aryl methyl sites for hydroxylation is 1. The van der Waals surface area contributed by atoms with Crippen LogP contribution in [0.25, 0.3) is 0 Å². The first-order chi connectivity index (χ1) is 11.6. The number of hydrogen-bond acceptors (Lipinski definition) is 4. The number of azo groups is 1. The maximum atomic E-state index is 7.31. The third-order valence-electron chi connectivity index (χ3n) is 3.22. The molecule has 0 aliphatic rings. The molecule has 0 bridgehead atoms. The lowest BCUT2D eigenvalue weighted by molar-refractivity contribution is -0.696. The lowest BCUT2D eigenvalue weighted by atomic mass is 10.3. The maximum absolute atomic E-state index is 7.31. The van der Waals surface area contributed by atoms with E-state index < -0.39 is 0 Å². The maximum Gasteiger partial charge on any atom is 0.196 e. The van der Waals surface area contributed by atoms with Crippen LogP contribution in [0, 0.1) is 5.41 Å². The lowest BCUT2D eigenvalue weighted by Gasteiger charge is -2.12. The number of hydrogen-bond donors (Lipinski definition) is 2. The van der Waals surface area contributed by atoms with Gasteiger partial charge >= 0.3 is 0 Å². The van der Waals surface area contributed by atoms with Crippen LogP contribution in [0.1, 0.15) is 26.7 Å². The van der Waals surface area contributed by atoms with Gasteiger partial charge in [0.05, 0.1) is 6.34 Å². The van der Waals surface area contributed by atoms with Crippen molar-refractivity contribution in [2.24, 2.45) is 10.2 Å². The minimum absolute atomic E-state index is 0.499. The Morgan fingerprint density at radius 2 is 2.21 bits per heavy atom. The monoisotopic (exact) mass is 344 g/mol. The van der Waals surface area contributed by atoms with Crippen molar-refractivity contribution in [2.75, 3.05) is 7.05 Å². The average molecular weight is 345 g/mol. The van der Waals surface area contributed by atoms with Gasteiger partial charge < -0.3 is 4.90 Å². The van der Waals surface area contributed by atoms with E-state index in [1.54, 1.807) is 11.0 Å². The van der Waals surface area contributed by atoms with Gasteiger partial charge in [0.15, 0.2) is 12.4 Å². The van der Waals surface area contributed by atoms with Gasteiger partial charge in [0.2, 0.25) is 0 Å². The highest BCUT2D eigenvalue weighted by Crippen LogP contribution is 2.13. The van der Waals surface area contributed by atoms with Crippen LogP contribution in [0.3, 0.4) is 0 Å². The average Bonchev–Trinajstić information content (AvgIpc) is 2.61. The van der Waals surface area contributed by atoms with Gasteiger partial charge in [-0.25, -0.2) is 4.57 Å². The minimum Gasteiger partial charge on any atom is -0.336 e. The van der Waals surface area contributed by atoms with E-state index in [1.165, 1.54) is 6.34 Å². The predicted molar refractivity (Wildman–Crippen MR) is 103 cm³/mol. The fraction of sp³-hybridized carbons (Fsp3) is 0.333.